The minimum atomic E-state index is 0.181. The molecule has 26 heavy (non-hydrogen) atoms. The molecule has 5 heteroatoms. The number of nitrogens with zero attached hydrogens (tertiary/aromatic N) is 4. The van der Waals surface area contributed by atoms with E-state index >= 15 is 0 Å². The first-order valence-electron chi connectivity index (χ1n) is 9.85. The smallest absolute Gasteiger partial charge is 0.226 e. The summed E-state index contributed by atoms with van der Waals surface area (Å²) in [7, 11) is 0. The molecule has 138 valence electrons. The van der Waals surface area contributed by atoms with Crippen LogP contribution >= 0.6 is 0 Å². The zero-order valence-corrected chi connectivity index (χ0v) is 15.4. The highest BCUT2D eigenvalue weighted by Crippen LogP contribution is 2.23. The van der Waals surface area contributed by atoms with Gasteiger partial charge in [-0.25, -0.2) is 0 Å². The summed E-state index contributed by atoms with van der Waals surface area (Å²) in [6.07, 6.45) is 8.32. The molecule has 2 aliphatic heterocycles. The van der Waals surface area contributed by atoms with E-state index in [4.69, 9.17) is 0 Å². The maximum Gasteiger partial charge on any atom is 0.226 e. The summed E-state index contributed by atoms with van der Waals surface area (Å²) in [6, 6.07) is 10.6. The third-order valence-electron chi connectivity index (χ3n) is 5.68. The topological polar surface area (TPSA) is 41.4 Å². The third kappa shape index (κ3) is 3.98. The Kier molecular flexibility index (Phi) is 5.34. The predicted molar refractivity (Wildman–Crippen MR) is 102 cm³/mol. The van der Waals surface area contributed by atoms with Crippen LogP contribution in [-0.4, -0.2) is 51.7 Å². The molecule has 2 saturated heterocycles. The Balaban J connectivity index is 1.41. The summed E-state index contributed by atoms with van der Waals surface area (Å²) >= 11 is 0. The maximum atomic E-state index is 12.8. The maximum absolute atomic E-state index is 12.8. The average molecular weight is 352 g/mol. The number of benzene rings is 1. The first-order valence-corrected chi connectivity index (χ1v) is 9.85. The van der Waals surface area contributed by atoms with Gasteiger partial charge in [-0.1, -0.05) is 24.3 Å². The minimum Gasteiger partial charge on any atom is -0.342 e. The van der Waals surface area contributed by atoms with Gasteiger partial charge in [-0.05, 0) is 49.4 Å². The largest absolute Gasteiger partial charge is 0.342 e. The fraction of sp³-hybridized carbons (Fsp3) is 0.524. The van der Waals surface area contributed by atoms with Gasteiger partial charge in [0.15, 0.2) is 0 Å². The van der Waals surface area contributed by atoms with E-state index in [1.807, 2.05) is 23.1 Å². The second-order valence-corrected chi connectivity index (χ2v) is 7.58. The van der Waals surface area contributed by atoms with E-state index in [0.29, 0.717) is 5.91 Å². The highest BCUT2D eigenvalue weighted by atomic mass is 16.2. The molecular weight excluding hydrogens is 324 g/mol. The zero-order chi connectivity index (χ0) is 17.8. The van der Waals surface area contributed by atoms with Crippen molar-refractivity contribution >= 4 is 5.91 Å². The molecule has 0 saturated carbocycles. The van der Waals surface area contributed by atoms with Crippen LogP contribution in [0.4, 0.5) is 0 Å². The SMILES string of the molecule is O=C([C@@H]1CCCN(Cc2ccccc2Cn2cccn2)C1)N1CCCC1. The Morgan fingerprint density at radius 1 is 1.00 bits per heavy atom. The molecule has 0 aliphatic carbocycles. The first kappa shape index (κ1) is 17.3. The van der Waals surface area contributed by atoms with Crippen molar-refractivity contribution in [3.63, 3.8) is 0 Å². The normalized spacial score (nSPS) is 21.2. The van der Waals surface area contributed by atoms with Crippen LogP contribution in [0.1, 0.15) is 36.8 Å². The summed E-state index contributed by atoms with van der Waals surface area (Å²) in [5, 5.41) is 4.33. The molecule has 4 rings (SSSR count). The number of aromatic nitrogens is 2. The van der Waals surface area contributed by atoms with Gasteiger partial charge >= 0.3 is 0 Å². The van der Waals surface area contributed by atoms with E-state index in [9.17, 15) is 4.79 Å². The van der Waals surface area contributed by atoms with E-state index in [2.05, 4.69) is 39.2 Å². The van der Waals surface area contributed by atoms with Crippen molar-refractivity contribution in [3.05, 3.63) is 53.9 Å². The van der Waals surface area contributed by atoms with Gasteiger partial charge in [-0.2, -0.15) is 5.10 Å². The fourth-order valence-electron chi connectivity index (χ4n) is 4.27. The van der Waals surface area contributed by atoms with Crippen LogP contribution in [0, 0.1) is 5.92 Å². The lowest BCUT2D eigenvalue weighted by Crippen LogP contribution is -2.43. The molecule has 0 N–H and O–H groups in total. The molecule has 5 nitrogen and oxygen atoms in total. The number of rotatable bonds is 5. The molecule has 2 fully saturated rings. The Bertz CT molecular complexity index is 721. The minimum absolute atomic E-state index is 0.181. The summed E-state index contributed by atoms with van der Waals surface area (Å²) in [5.74, 6) is 0.567. The Hall–Kier alpha value is -2.14. The van der Waals surface area contributed by atoms with E-state index in [1.165, 1.54) is 24.0 Å². The molecule has 0 bridgehead atoms. The number of piperidine rings is 1. The summed E-state index contributed by atoms with van der Waals surface area (Å²) in [5.41, 5.74) is 2.65. The van der Waals surface area contributed by atoms with Crippen LogP contribution in [0.5, 0.6) is 0 Å². The van der Waals surface area contributed by atoms with Crippen molar-refractivity contribution in [2.45, 2.75) is 38.8 Å². The van der Waals surface area contributed by atoms with Crippen molar-refractivity contribution in [2.24, 2.45) is 5.92 Å². The summed E-state index contributed by atoms with van der Waals surface area (Å²) < 4.78 is 1.97. The van der Waals surface area contributed by atoms with Gasteiger partial charge in [0.05, 0.1) is 12.5 Å². The van der Waals surface area contributed by atoms with Crippen LogP contribution in [0.2, 0.25) is 0 Å². The molecule has 0 spiro atoms. The molecule has 1 atom stereocenters. The van der Waals surface area contributed by atoms with Crippen molar-refractivity contribution in [3.8, 4) is 0 Å². The molecule has 1 aromatic heterocycles. The van der Waals surface area contributed by atoms with Crippen LogP contribution in [0.3, 0.4) is 0 Å². The Morgan fingerprint density at radius 2 is 1.77 bits per heavy atom. The second-order valence-electron chi connectivity index (χ2n) is 7.58. The van der Waals surface area contributed by atoms with Crippen LogP contribution in [-0.2, 0) is 17.9 Å². The van der Waals surface area contributed by atoms with Gasteiger partial charge < -0.3 is 4.90 Å². The predicted octanol–water partition coefficient (Wildman–Crippen LogP) is 2.77. The van der Waals surface area contributed by atoms with E-state index in [0.717, 1.165) is 52.1 Å². The summed E-state index contributed by atoms with van der Waals surface area (Å²) in [4.78, 5) is 17.3. The average Bonchev–Trinajstić information content (AvgIpc) is 3.37. The van der Waals surface area contributed by atoms with Gasteiger partial charge in [0, 0.05) is 38.6 Å². The molecule has 0 radical (unpaired) electrons. The zero-order valence-electron chi connectivity index (χ0n) is 15.4. The lowest BCUT2D eigenvalue weighted by molar-refractivity contribution is -0.136. The second kappa shape index (κ2) is 8.04. The van der Waals surface area contributed by atoms with Crippen LogP contribution in [0.25, 0.3) is 0 Å². The monoisotopic (exact) mass is 352 g/mol. The van der Waals surface area contributed by atoms with Gasteiger partial charge in [-0.15, -0.1) is 0 Å². The molecule has 0 unspecified atom stereocenters. The lowest BCUT2D eigenvalue weighted by atomic mass is 9.95. The van der Waals surface area contributed by atoms with E-state index < -0.39 is 0 Å². The molecule has 1 aromatic carbocycles. The molecule has 1 amide bonds. The number of hydrogen-bond acceptors (Lipinski definition) is 3. The fourth-order valence-corrected chi connectivity index (χ4v) is 4.27. The third-order valence-corrected chi connectivity index (χ3v) is 5.68. The van der Waals surface area contributed by atoms with Crippen LogP contribution in [0.15, 0.2) is 42.7 Å². The Labute approximate surface area is 155 Å². The van der Waals surface area contributed by atoms with Crippen molar-refractivity contribution in [1.29, 1.82) is 0 Å². The molecule has 2 aromatic rings. The number of amides is 1. The Morgan fingerprint density at radius 3 is 2.50 bits per heavy atom. The van der Waals surface area contributed by atoms with Crippen LogP contribution < -0.4 is 0 Å². The first-order chi connectivity index (χ1) is 12.8. The number of carbonyl (C=O) groups excluding carboxylic acids is 1. The van der Waals surface area contributed by atoms with E-state index in [-0.39, 0.29) is 5.92 Å². The molecular formula is C21H28N4O. The van der Waals surface area contributed by atoms with Crippen molar-refractivity contribution < 1.29 is 4.79 Å². The van der Waals surface area contributed by atoms with E-state index in [1.54, 1.807) is 0 Å². The van der Waals surface area contributed by atoms with Gasteiger partial charge in [-0.3, -0.25) is 14.4 Å². The highest BCUT2D eigenvalue weighted by Gasteiger charge is 2.30. The van der Waals surface area contributed by atoms with Gasteiger partial charge in [0.1, 0.15) is 0 Å². The molecule has 2 aliphatic rings. The van der Waals surface area contributed by atoms with Gasteiger partial charge in [0.25, 0.3) is 0 Å². The lowest BCUT2D eigenvalue weighted by Gasteiger charge is -2.34. The quantitative estimate of drug-likeness (QED) is 0.831. The highest BCUT2D eigenvalue weighted by molar-refractivity contribution is 5.79. The van der Waals surface area contributed by atoms with Crippen molar-refractivity contribution in [1.82, 2.24) is 19.6 Å². The van der Waals surface area contributed by atoms with Gasteiger partial charge in [0.2, 0.25) is 5.91 Å². The molecule has 3 heterocycles. The summed E-state index contributed by atoms with van der Waals surface area (Å²) in [6.45, 7) is 5.61. The number of carbonyl (C=O) groups is 1. The van der Waals surface area contributed by atoms with Crippen molar-refractivity contribution in [2.75, 3.05) is 26.2 Å². The number of likely N-dealkylation sites (tertiary alicyclic amines) is 2. The standard InChI is InChI=1S/C21H28N4O/c26-21(24-12-3-4-13-24)20-9-5-11-23(16-20)15-18-7-1-2-8-19(18)17-25-14-6-10-22-25/h1-2,6-8,10,14,20H,3-5,9,11-13,15-17H2/t20-/m1/s1. The number of hydrogen-bond donors (Lipinski definition) is 0.